The van der Waals surface area contributed by atoms with Crippen LogP contribution >= 0.6 is 0 Å². The van der Waals surface area contributed by atoms with Crippen molar-refractivity contribution in [1.82, 2.24) is 15.8 Å². The molecule has 2 aromatic carbocycles. The molecule has 1 heterocycles. The van der Waals surface area contributed by atoms with Crippen molar-refractivity contribution in [3.8, 4) is 0 Å². The number of piperazine rings is 1. The van der Waals surface area contributed by atoms with E-state index in [2.05, 4.69) is 47.8 Å². The molecule has 1 fully saturated rings. The highest BCUT2D eigenvalue weighted by Crippen LogP contribution is 2.23. The van der Waals surface area contributed by atoms with E-state index in [9.17, 15) is 19.7 Å². The van der Waals surface area contributed by atoms with Crippen molar-refractivity contribution in [3.05, 3.63) is 69.3 Å². The summed E-state index contributed by atoms with van der Waals surface area (Å²) in [6.45, 7) is 7.49. The number of nitro groups is 1. The van der Waals surface area contributed by atoms with Crippen LogP contribution in [0.4, 0.5) is 11.4 Å². The fourth-order valence-electron chi connectivity index (χ4n) is 3.43. The second-order valence-corrected chi connectivity index (χ2v) is 7.29. The summed E-state index contributed by atoms with van der Waals surface area (Å²) in [6, 6.07) is 11.6. The molecular formula is C21H25N5O4. The molecule has 1 aliphatic rings. The number of nitrogens with one attached hydrogen (secondary N) is 2. The molecule has 2 N–H and O–H groups in total. The minimum atomic E-state index is -0.605. The fraction of sp³-hybridized carbons (Fsp3) is 0.333. The normalized spacial score (nSPS) is 14.3. The van der Waals surface area contributed by atoms with Crippen molar-refractivity contribution in [1.29, 1.82) is 0 Å². The molecule has 9 nitrogen and oxygen atoms in total. The topological polar surface area (TPSA) is 108 Å². The van der Waals surface area contributed by atoms with Gasteiger partial charge in [0.05, 0.1) is 11.5 Å². The number of carbonyl (C=O) groups is 2. The lowest BCUT2D eigenvalue weighted by Crippen LogP contribution is -2.52. The van der Waals surface area contributed by atoms with Gasteiger partial charge in [0.1, 0.15) is 0 Å². The molecule has 0 spiro atoms. The van der Waals surface area contributed by atoms with Crippen molar-refractivity contribution in [3.63, 3.8) is 0 Å². The Bertz CT molecular complexity index is 954. The van der Waals surface area contributed by atoms with Crippen LogP contribution in [-0.4, -0.2) is 54.4 Å². The zero-order valence-electron chi connectivity index (χ0n) is 17.1. The molecule has 0 aliphatic carbocycles. The number of hydrazine groups is 1. The predicted molar refractivity (Wildman–Crippen MR) is 113 cm³/mol. The fourth-order valence-corrected chi connectivity index (χ4v) is 3.43. The number of non-ortho nitro benzene ring substituents is 1. The first-order valence-electron chi connectivity index (χ1n) is 9.72. The molecule has 0 saturated carbocycles. The van der Waals surface area contributed by atoms with Crippen molar-refractivity contribution in [2.45, 2.75) is 13.8 Å². The van der Waals surface area contributed by atoms with Gasteiger partial charge in [0.25, 0.3) is 17.5 Å². The Hall–Kier alpha value is -3.46. The van der Waals surface area contributed by atoms with E-state index >= 15 is 0 Å². The number of amides is 2. The number of carbonyl (C=O) groups excluding carboxylic acids is 2. The zero-order valence-corrected chi connectivity index (χ0v) is 17.1. The van der Waals surface area contributed by atoms with Crippen LogP contribution in [0, 0.1) is 24.0 Å². The highest BCUT2D eigenvalue weighted by atomic mass is 16.6. The molecule has 1 aliphatic heterocycles. The van der Waals surface area contributed by atoms with Crippen molar-refractivity contribution in [2.75, 3.05) is 37.6 Å². The SMILES string of the molecule is Cc1cccc(N2CCN(CC(=O)NNC(=O)c3cccc([N+](=O)[O-])c3)CC2)c1C. The van der Waals surface area contributed by atoms with Crippen LogP contribution in [0.15, 0.2) is 42.5 Å². The van der Waals surface area contributed by atoms with Crippen molar-refractivity contribution in [2.24, 2.45) is 0 Å². The molecule has 2 amide bonds. The van der Waals surface area contributed by atoms with Gasteiger partial charge in [-0.1, -0.05) is 18.2 Å². The van der Waals surface area contributed by atoms with Crippen LogP contribution in [0.25, 0.3) is 0 Å². The monoisotopic (exact) mass is 411 g/mol. The van der Waals surface area contributed by atoms with Gasteiger partial charge in [-0.3, -0.25) is 35.5 Å². The number of rotatable bonds is 5. The lowest BCUT2D eigenvalue weighted by Gasteiger charge is -2.36. The Kier molecular flexibility index (Phi) is 6.63. The molecule has 30 heavy (non-hydrogen) atoms. The van der Waals surface area contributed by atoms with E-state index in [1.54, 1.807) is 0 Å². The molecule has 0 aromatic heterocycles. The third-order valence-electron chi connectivity index (χ3n) is 5.29. The summed E-state index contributed by atoms with van der Waals surface area (Å²) in [5, 5.41) is 10.8. The Labute approximate surface area is 174 Å². The Balaban J connectivity index is 1.46. The summed E-state index contributed by atoms with van der Waals surface area (Å²) in [4.78, 5) is 38.9. The molecule has 3 rings (SSSR count). The quantitative estimate of drug-likeness (QED) is 0.574. The maximum Gasteiger partial charge on any atom is 0.270 e. The zero-order chi connectivity index (χ0) is 21.7. The van der Waals surface area contributed by atoms with Crippen LogP contribution in [0.3, 0.4) is 0 Å². The third kappa shape index (κ3) is 5.12. The maximum absolute atomic E-state index is 12.2. The number of nitro benzene ring substituents is 1. The number of nitrogens with zero attached hydrogens (tertiary/aromatic N) is 3. The van der Waals surface area contributed by atoms with Gasteiger partial charge in [-0.05, 0) is 37.1 Å². The summed E-state index contributed by atoms with van der Waals surface area (Å²) in [5.41, 5.74) is 8.35. The van der Waals surface area contributed by atoms with Gasteiger partial charge in [0, 0.05) is 49.6 Å². The lowest BCUT2D eigenvalue weighted by atomic mass is 10.1. The molecule has 9 heteroatoms. The Morgan fingerprint density at radius 1 is 1.03 bits per heavy atom. The summed E-state index contributed by atoms with van der Waals surface area (Å²) < 4.78 is 0. The van der Waals surface area contributed by atoms with Gasteiger partial charge in [0.2, 0.25) is 0 Å². The van der Waals surface area contributed by atoms with Gasteiger partial charge in [0.15, 0.2) is 0 Å². The van der Waals surface area contributed by atoms with E-state index < -0.39 is 10.8 Å². The summed E-state index contributed by atoms with van der Waals surface area (Å²) >= 11 is 0. The van der Waals surface area contributed by atoms with Crippen LogP contribution in [-0.2, 0) is 4.79 Å². The first-order chi connectivity index (χ1) is 14.3. The summed E-state index contributed by atoms with van der Waals surface area (Å²) in [6.07, 6.45) is 0. The van der Waals surface area contributed by atoms with Crippen LogP contribution in [0.1, 0.15) is 21.5 Å². The van der Waals surface area contributed by atoms with Gasteiger partial charge >= 0.3 is 0 Å². The molecule has 0 unspecified atom stereocenters. The smallest absolute Gasteiger partial charge is 0.270 e. The highest BCUT2D eigenvalue weighted by Gasteiger charge is 2.21. The van der Waals surface area contributed by atoms with E-state index in [1.165, 1.54) is 35.0 Å². The summed E-state index contributed by atoms with van der Waals surface area (Å²) in [7, 11) is 0. The minimum Gasteiger partial charge on any atom is -0.369 e. The van der Waals surface area contributed by atoms with E-state index in [0.29, 0.717) is 0 Å². The van der Waals surface area contributed by atoms with E-state index in [-0.39, 0.29) is 23.7 Å². The second-order valence-electron chi connectivity index (χ2n) is 7.29. The number of aryl methyl sites for hydroxylation is 1. The highest BCUT2D eigenvalue weighted by molar-refractivity contribution is 5.96. The lowest BCUT2D eigenvalue weighted by molar-refractivity contribution is -0.384. The Morgan fingerprint density at radius 2 is 1.73 bits per heavy atom. The first-order valence-corrected chi connectivity index (χ1v) is 9.72. The second kappa shape index (κ2) is 9.36. The molecule has 0 bridgehead atoms. The first kappa shape index (κ1) is 21.3. The third-order valence-corrected chi connectivity index (χ3v) is 5.29. The van der Waals surface area contributed by atoms with E-state index in [1.807, 2.05) is 4.90 Å². The summed E-state index contributed by atoms with van der Waals surface area (Å²) in [5.74, 6) is -0.944. The molecule has 2 aromatic rings. The number of benzene rings is 2. The molecular weight excluding hydrogens is 386 g/mol. The number of hydrogen-bond donors (Lipinski definition) is 2. The largest absolute Gasteiger partial charge is 0.369 e. The predicted octanol–water partition coefficient (Wildman–Crippen LogP) is 1.79. The Morgan fingerprint density at radius 3 is 2.43 bits per heavy atom. The average molecular weight is 411 g/mol. The standard InChI is InChI=1S/C21H25N5O4/c1-15-5-3-8-19(16(15)2)25-11-9-24(10-12-25)14-20(27)22-23-21(28)17-6-4-7-18(13-17)26(29)30/h3-8,13H,9-12,14H2,1-2H3,(H,22,27)(H,23,28). The van der Waals surface area contributed by atoms with Gasteiger partial charge in [-0.25, -0.2) is 0 Å². The van der Waals surface area contributed by atoms with Gasteiger partial charge < -0.3 is 4.90 Å². The maximum atomic E-state index is 12.2. The van der Waals surface area contributed by atoms with E-state index in [4.69, 9.17) is 0 Å². The number of hydrogen-bond acceptors (Lipinski definition) is 6. The van der Waals surface area contributed by atoms with E-state index in [0.717, 1.165) is 32.2 Å². The van der Waals surface area contributed by atoms with Gasteiger partial charge in [-0.2, -0.15) is 0 Å². The molecule has 1 saturated heterocycles. The number of anilines is 1. The van der Waals surface area contributed by atoms with Gasteiger partial charge in [-0.15, -0.1) is 0 Å². The molecule has 158 valence electrons. The minimum absolute atomic E-state index is 0.103. The molecule has 0 radical (unpaired) electrons. The average Bonchev–Trinajstić information content (AvgIpc) is 2.74. The van der Waals surface area contributed by atoms with Crippen molar-refractivity contribution >= 4 is 23.2 Å². The van der Waals surface area contributed by atoms with Crippen molar-refractivity contribution < 1.29 is 14.5 Å². The molecule has 0 atom stereocenters. The van der Waals surface area contributed by atoms with Crippen LogP contribution < -0.4 is 15.8 Å². The van der Waals surface area contributed by atoms with Crippen LogP contribution in [0.5, 0.6) is 0 Å². The van der Waals surface area contributed by atoms with Crippen LogP contribution in [0.2, 0.25) is 0 Å².